The van der Waals surface area contributed by atoms with Crippen LogP contribution in [0.5, 0.6) is 0 Å². The quantitative estimate of drug-likeness (QED) is 0.404. The molecule has 0 radical (unpaired) electrons. The lowest BCUT2D eigenvalue weighted by atomic mass is 9.91. The van der Waals surface area contributed by atoms with Crippen LogP contribution < -0.4 is 5.43 Å². The third-order valence-corrected chi connectivity index (χ3v) is 7.34. The highest BCUT2D eigenvalue weighted by Gasteiger charge is 2.28. The average molecular weight is 474 g/mol. The number of para-hydroxylation sites is 1. The number of amides is 1. The maximum absolute atomic E-state index is 11.8. The summed E-state index contributed by atoms with van der Waals surface area (Å²) in [5, 5.41) is 14.2. The van der Waals surface area contributed by atoms with Gasteiger partial charge in [0.25, 0.3) is 0 Å². The Morgan fingerprint density at radius 1 is 1.03 bits per heavy atom. The van der Waals surface area contributed by atoms with Crippen LogP contribution in [-0.2, 0) is 11.2 Å². The predicted molar refractivity (Wildman–Crippen MR) is 141 cm³/mol. The number of carbonyl (C=O) groups is 1. The molecule has 6 rings (SSSR count). The first kappa shape index (κ1) is 22.2. The van der Waals surface area contributed by atoms with Crippen LogP contribution in [0.3, 0.4) is 0 Å². The number of nitrogens with zero attached hydrogens (tertiary/aromatic N) is 4. The Morgan fingerprint density at radius 3 is 2.53 bits per heavy atom. The molecule has 6 heteroatoms. The summed E-state index contributed by atoms with van der Waals surface area (Å²) in [6, 6.07) is 22.6. The molecule has 178 valence electrons. The Kier molecular flexibility index (Phi) is 5.41. The van der Waals surface area contributed by atoms with E-state index in [9.17, 15) is 10.1 Å². The van der Waals surface area contributed by atoms with Gasteiger partial charge in [-0.3, -0.25) is 9.36 Å². The summed E-state index contributed by atoms with van der Waals surface area (Å²) in [6.07, 6.45) is 3.83. The van der Waals surface area contributed by atoms with Crippen LogP contribution in [0.15, 0.2) is 65.8 Å². The fourth-order valence-electron chi connectivity index (χ4n) is 5.28. The van der Waals surface area contributed by atoms with Gasteiger partial charge >= 0.3 is 0 Å². The van der Waals surface area contributed by atoms with E-state index in [0.717, 1.165) is 56.9 Å². The third kappa shape index (κ3) is 3.77. The number of carbonyl (C=O) groups excluding carboxylic acids is 1. The van der Waals surface area contributed by atoms with Gasteiger partial charge in [0.05, 0.1) is 34.1 Å². The molecule has 1 aliphatic heterocycles. The molecule has 36 heavy (non-hydrogen) atoms. The Morgan fingerprint density at radius 2 is 1.78 bits per heavy atom. The molecule has 1 saturated carbocycles. The van der Waals surface area contributed by atoms with E-state index in [1.165, 1.54) is 12.8 Å². The Balaban J connectivity index is 1.57. The topological polar surface area (TPSA) is 83.1 Å². The minimum absolute atomic E-state index is 0.0461. The molecule has 6 nitrogen and oxygen atoms in total. The maximum Gasteiger partial charge on any atom is 0.240 e. The molecular weight excluding hydrogens is 446 g/mol. The Bertz CT molecular complexity index is 1580. The van der Waals surface area contributed by atoms with Crippen LogP contribution >= 0.6 is 0 Å². The Labute approximate surface area is 210 Å². The number of hydrazone groups is 1. The first-order valence-electron chi connectivity index (χ1n) is 12.5. The molecule has 3 aromatic carbocycles. The van der Waals surface area contributed by atoms with Gasteiger partial charge in [-0.2, -0.15) is 10.4 Å². The zero-order chi connectivity index (χ0) is 24.8. The second kappa shape index (κ2) is 8.76. The van der Waals surface area contributed by atoms with Crippen molar-refractivity contribution in [3.63, 3.8) is 0 Å². The lowest BCUT2D eigenvalue weighted by Gasteiger charge is -2.20. The number of hydrogen-bond acceptors (Lipinski definition) is 4. The lowest BCUT2D eigenvalue weighted by molar-refractivity contribution is -0.121. The van der Waals surface area contributed by atoms with Crippen molar-refractivity contribution in [2.75, 3.05) is 0 Å². The summed E-state index contributed by atoms with van der Waals surface area (Å²) in [7, 11) is 0. The average Bonchev–Trinajstić information content (AvgIpc) is 3.63. The number of nitrogens with one attached hydrogen (secondary N) is 1. The molecular formula is C30H27N5O. The molecule has 0 bridgehead atoms. The summed E-state index contributed by atoms with van der Waals surface area (Å²) in [6.45, 7) is 4.14. The SMILES string of the molecule is Cc1c(C2=NNC(=O)CC2C)ccc2c1nc(CC1CC1)n2-c1ccccc1-c1ccccc1C#N. The zero-order valence-electron chi connectivity index (χ0n) is 20.5. The second-order valence-electron chi connectivity index (χ2n) is 9.93. The van der Waals surface area contributed by atoms with Crippen LogP contribution in [-0.4, -0.2) is 21.2 Å². The van der Waals surface area contributed by atoms with E-state index >= 15 is 0 Å². The van der Waals surface area contributed by atoms with Gasteiger partial charge in [0.1, 0.15) is 5.82 Å². The summed E-state index contributed by atoms with van der Waals surface area (Å²) < 4.78 is 2.28. The number of benzene rings is 3. The maximum atomic E-state index is 11.8. The first-order chi connectivity index (χ1) is 17.5. The summed E-state index contributed by atoms with van der Waals surface area (Å²) in [5.41, 5.74) is 11.3. The second-order valence-corrected chi connectivity index (χ2v) is 9.93. The van der Waals surface area contributed by atoms with Crippen molar-refractivity contribution in [2.45, 2.75) is 39.5 Å². The molecule has 4 aromatic rings. The van der Waals surface area contributed by atoms with Crippen LogP contribution in [0.2, 0.25) is 0 Å². The van der Waals surface area contributed by atoms with Crippen molar-refractivity contribution in [1.82, 2.24) is 15.0 Å². The molecule has 2 aliphatic rings. The van der Waals surface area contributed by atoms with Gasteiger partial charge in [-0.1, -0.05) is 49.4 Å². The molecule has 1 unspecified atom stereocenters. The van der Waals surface area contributed by atoms with Gasteiger partial charge < -0.3 is 0 Å². The fraction of sp³-hybridized carbons (Fsp3) is 0.267. The van der Waals surface area contributed by atoms with Gasteiger partial charge in [-0.25, -0.2) is 10.4 Å². The van der Waals surface area contributed by atoms with Crippen molar-refractivity contribution in [3.05, 3.63) is 83.2 Å². The van der Waals surface area contributed by atoms with E-state index in [2.05, 4.69) is 52.4 Å². The fourth-order valence-corrected chi connectivity index (χ4v) is 5.28. The van der Waals surface area contributed by atoms with E-state index in [1.807, 2.05) is 43.3 Å². The van der Waals surface area contributed by atoms with E-state index in [4.69, 9.17) is 4.98 Å². The molecule has 1 amide bonds. The van der Waals surface area contributed by atoms with E-state index in [0.29, 0.717) is 17.9 Å². The van der Waals surface area contributed by atoms with Crippen molar-refractivity contribution < 1.29 is 4.79 Å². The van der Waals surface area contributed by atoms with Crippen molar-refractivity contribution in [2.24, 2.45) is 16.9 Å². The zero-order valence-corrected chi connectivity index (χ0v) is 20.5. The lowest BCUT2D eigenvalue weighted by Crippen LogP contribution is -2.32. The normalized spacial score (nSPS) is 17.5. The predicted octanol–water partition coefficient (Wildman–Crippen LogP) is 5.69. The molecule has 0 saturated heterocycles. The molecule has 1 aliphatic carbocycles. The molecule has 2 heterocycles. The standard InChI is InChI=1S/C30H27N5O/c1-18-15-28(36)33-34-29(18)22-13-14-26-30(19(22)2)32-27(16-20-11-12-20)35(26)25-10-6-5-9-24(25)23-8-4-3-7-21(23)17-31/h3-10,13-14,18,20H,11-12,15-16H2,1-2H3,(H,33,36). The van der Waals surface area contributed by atoms with Crippen molar-refractivity contribution in [3.8, 4) is 22.9 Å². The number of hydrogen-bond donors (Lipinski definition) is 1. The van der Waals surface area contributed by atoms with Crippen LogP contribution in [0, 0.1) is 30.1 Å². The highest BCUT2D eigenvalue weighted by Crippen LogP contribution is 2.38. The summed E-state index contributed by atoms with van der Waals surface area (Å²) in [5.74, 6) is 1.71. The number of imidazole rings is 1. The van der Waals surface area contributed by atoms with Gasteiger partial charge in [-0.05, 0) is 49.4 Å². The van der Waals surface area contributed by atoms with E-state index < -0.39 is 0 Å². The van der Waals surface area contributed by atoms with Crippen LogP contribution in [0.1, 0.15) is 48.7 Å². The monoisotopic (exact) mass is 473 g/mol. The van der Waals surface area contributed by atoms with Gasteiger partial charge in [0.15, 0.2) is 0 Å². The van der Waals surface area contributed by atoms with Gasteiger partial charge in [0.2, 0.25) is 5.91 Å². The van der Waals surface area contributed by atoms with Gasteiger partial charge in [0, 0.05) is 35.4 Å². The van der Waals surface area contributed by atoms with E-state index in [1.54, 1.807) is 0 Å². The first-order valence-corrected chi connectivity index (χ1v) is 12.5. The van der Waals surface area contributed by atoms with Gasteiger partial charge in [-0.15, -0.1) is 0 Å². The minimum Gasteiger partial charge on any atom is -0.296 e. The molecule has 1 N–H and O–H groups in total. The van der Waals surface area contributed by atoms with Crippen LogP contribution in [0.4, 0.5) is 0 Å². The minimum atomic E-state index is -0.0461. The Hall–Kier alpha value is -4.24. The molecule has 1 fully saturated rings. The highest BCUT2D eigenvalue weighted by atomic mass is 16.2. The highest BCUT2D eigenvalue weighted by molar-refractivity contribution is 6.09. The summed E-state index contributed by atoms with van der Waals surface area (Å²) in [4.78, 5) is 17.0. The number of aromatic nitrogens is 2. The van der Waals surface area contributed by atoms with Crippen LogP contribution in [0.25, 0.3) is 27.8 Å². The molecule has 0 spiro atoms. The number of rotatable bonds is 5. The largest absolute Gasteiger partial charge is 0.296 e. The molecule has 1 atom stereocenters. The number of aryl methyl sites for hydroxylation is 1. The third-order valence-electron chi connectivity index (χ3n) is 7.34. The summed E-state index contributed by atoms with van der Waals surface area (Å²) >= 11 is 0. The van der Waals surface area contributed by atoms with Crippen molar-refractivity contribution >= 4 is 22.7 Å². The number of fused-ring (bicyclic) bond motifs is 1. The number of nitriles is 1. The molecule has 1 aromatic heterocycles. The smallest absolute Gasteiger partial charge is 0.240 e. The van der Waals surface area contributed by atoms with Crippen molar-refractivity contribution in [1.29, 1.82) is 5.26 Å². The van der Waals surface area contributed by atoms with E-state index in [-0.39, 0.29) is 11.8 Å².